The zero-order valence-electron chi connectivity index (χ0n) is 15.5. The molecule has 0 atom stereocenters. The number of thioether (sulfide) groups is 1. The van der Waals surface area contributed by atoms with E-state index in [9.17, 15) is 19.2 Å². The van der Waals surface area contributed by atoms with Gasteiger partial charge in [-0.1, -0.05) is 29.8 Å². The van der Waals surface area contributed by atoms with Gasteiger partial charge in [0.25, 0.3) is 17.1 Å². The summed E-state index contributed by atoms with van der Waals surface area (Å²) in [5, 5.41) is 2.51. The minimum absolute atomic E-state index is 0.196. The van der Waals surface area contributed by atoms with Gasteiger partial charge in [0.05, 0.1) is 4.91 Å². The van der Waals surface area contributed by atoms with E-state index in [-0.39, 0.29) is 11.5 Å². The van der Waals surface area contributed by atoms with E-state index in [2.05, 4.69) is 5.32 Å². The first-order valence-corrected chi connectivity index (χ1v) is 9.83. The fourth-order valence-electron chi connectivity index (χ4n) is 2.51. The van der Waals surface area contributed by atoms with Crippen LogP contribution < -0.4 is 15.8 Å². The number of ether oxygens (including phenoxy) is 1. The molecule has 3 rings (SSSR count). The van der Waals surface area contributed by atoms with Crippen LogP contribution in [0.2, 0.25) is 5.02 Å². The van der Waals surface area contributed by atoms with Crippen LogP contribution in [0.3, 0.4) is 0 Å². The average Bonchev–Trinajstić information content (AvgIpc) is 2.95. The molecule has 30 heavy (non-hydrogen) atoms. The van der Waals surface area contributed by atoms with E-state index in [0.717, 1.165) is 16.7 Å². The van der Waals surface area contributed by atoms with Gasteiger partial charge in [0, 0.05) is 10.7 Å². The highest BCUT2D eigenvalue weighted by molar-refractivity contribution is 8.18. The summed E-state index contributed by atoms with van der Waals surface area (Å²) < 4.78 is 5.17. The fourth-order valence-corrected chi connectivity index (χ4v) is 3.54. The second-order valence-electron chi connectivity index (χ2n) is 6.15. The second kappa shape index (κ2) is 9.47. The number of nitrogens with one attached hydrogen (secondary N) is 1. The molecule has 1 aliphatic rings. The predicted octanol–water partition coefficient (Wildman–Crippen LogP) is 2.88. The number of hydrogen-bond donors (Lipinski definition) is 2. The van der Waals surface area contributed by atoms with E-state index in [0.29, 0.717) is 22.0 Å². The number of amides is 4. The van der Waals surface area contributed by atoms with Crippen LogP contribution in [0, 0.1) is 0 Å². The van der Waals surface area contributed by atoms with Crippen molar-refractivity contribution in [2.75, 3.05) is 18.5 Å². The Balaban J connectivity index is 1.63. The van der Waals surface area contributed by atoms with Crippen molar-refractivity contribution in [3.63, 3.8) is 0 Å². The molecule has 0 aromatic heterocycles. The van der Waals surface area contributed by atoms with Gasteiger partial charge in [0.15, 0.2) is 6.61 Å². The second-order valence-corrected chi connectivity index (χ2v) is 7.58. The summed E-state index contributed by atoms with van der Waals surface area (Å²) >= 11 is 6.62. The number of nitrogens with zero attached hydrogens (tertiary/aromatic N) is 1. The number of halogens is 1. The Bertz CT molecular complexity index is 1040. The van der Waals surface area contributed by atoms with Gasteiger partial charge in [-0.05, 0) is 53.7 Å². The number of primary amides is 1. The van der Waals surface area contributed by atoms with Gasteiger partial charge in [0.2, 0.25) is 5.91 Å². The lowest BCUT2D eigenvalue weighted by Gasteiger charge is -2.12. The molecule has 3 N–H and O–H groups in total. The lowest BCUT2D eigenvalue weighted by Crippen LogP contribution is -2.36. The third kappa shape index (κ3) is 5.62. The van der Waals surface area contributed by atoms with Crippen LogP contribution in [0.25, 0.3) is 6.08 Å². The van der Waals surface area contributed by atoms with E-state index in [1.54, 1.807) is 48.5 Å². The Morgan fingerprint density at radius 2 is 1.90 bits per heavy atom. The van der Waals surface area contributed by atoms with Gasteiger partial charge in [0.1, 0.15) is 12.3 Å². The van der Waals surface area contributed by atoms with E-state index in [1.807, 2.05) is 0 Å². The van der Waals surface area contributed by atoms with Gasteiger partial charge < -0.3 is 15.8 Å². The minimum atomic E-state index is -0.591. The monoisotopic (exact) mass is 445 g/mol. The Morgan fingerprint density at radius 1 is 1.17 bits per heavy atom. The number of nitrogens with two attached hydrogens (primary N) is 1. The molecule has 1 aliphatic heterocycles. The maximum atomic E-state index is 12.5. The lowest BCUT2D eigenvalue weighted by molar-refractivity contribution is -0.127. The molecular weight excluding hydrogens is 430 g/mol. The smallest absolute Gasteiger partial charge is 0.294 e. The molecule has 10 heteroatoms. The lowest BCUT2D eigenvalue weighted by atomic mass is 10.2. The van der Waals surface area contributed by atoms with Crippen molar-refractivity contribution in [1.29, 1.82) is 0 Å². The first kappa shape index (κ1) is 21.4. The highest BCUT2D eigenvalue weighted by Gasteiger charge is 2.36. The molecule has 4 amide bonds. The van der Waals surface area contributed by atoms with Crippen LogP contribution in [-0.2, 0) is 14.4 Å². The van der Waals surface area contributed by atoms with E-state index in [4.69, 9.17) is 22.1 Å². The summed E-state index contributed by atoms with van der Waals surface area (Å²) in [6.45, 7) is -0.649. The van der Waals surface area contributed by atoms with Crippen LogP contribution in [0.5, 0.6) is 5.75 Å². The summed E-state index contributed by atoms with van der Waals surface area (Å²) in [5.74, 6) is -1.22. The standard InChI is InChI=1S/C20H16ClN3O5S/c21-13-2-1-3-14(9-13)23-18(26)10-24-19(27)16(30-20(24)28)8-12-4-6-15(7-5-12)29-11-17(22)25/h1-9H,10-11H2,(H2,22,25)(H,23,26)/b16-8-. The van der Waals surface area contributed by atoms with Crippen LogP contribution in [0.1, 0.15) is 5.56 Å². The van der Waals surface area contributed by atoms with Gasteiger partial charge in [-0.2, -0.15) is 0 Å². The molecule has 0 aliphatic carbocycles. The van der Waals surface area contributed by atoms with Crippen LogP contribution in [0.15, 0.2) is 53.4 Å². The van der Waals surface area contributed by atoms with Gasteiger partial charge in [-0.3, -0.25) is 24.1 Å². The van der Waals surface area contributed by atoms with Gasteiger partial charge >= 0.3 is 0 Å². The highest BCUT2D eigenvalue weighted by atomic mass is 35.5. The molecule has 0 saturated carbocycles. The number of benzene rings is 2. The largest absolute Gasteiger partial charge is 0.484 e. The number of anilines is 1. The fraction of sp³-hybridized carbons (Fsp3) is 0.100. The molecule has 0 unspecified atom stereocenters. The maximum Gasteiger partial charge on any atom is 0.294 e. The van der Waals surface area contributed by atoms with E-state index >= 15 is 0 Å². The maximum absolute atomic E-state index is 12.5. The SMILES string of the molecule is NC(=O)COc1ccc(/C=C2\SC(=O)N(CC(=O)Nc3cccc(Cl)c3)C2=O)cc1. The Hall–Kier alpha value is -3.30. The Morgan fingerprint density at radius 3 is 2.57 bits per heavy atom. The number of carbonyl (C=O) groups excluding carboxylic acids is 4. The normalized spacial score (nSPS) is 14.8. The van der Waals surface area contributed by atoms with Crippen molar-refractivity contribution in [2.24, 2.45) is 5.73 Å². The van der Waals surface area contributed by atoms with Crippen LogP contribution in [0.4, 0.5) is 10.5 Å². The summed E-state index contributed by atoms with van der Waals surface area (Å²) in [7, 11) is 0. The third-order valence-electron chi connectivity index (χ3n) is 3.84. The molecule has 1 fully saturated rings. The molecule has 0 bridgehead atoms. The van der Waals surface area contributed by atoms with Crippen molar-refractivity contribution in [1.82, 2.24) is 4.90 Å². The van der Waals surface area contributed by atoms with Crippen LogP contribution >= 0.6 is 23.4 Å². The molecule has 2 aromatic rings. The number of rotatable bonds is 7. The third-order valence-corrected chi connectivity index (χ3v) is 4.99. The first-order chi connectivity index (χ1) is 14.3. The topological polar surface area (TPSA) is 119 Å². The molecule has 0 radical (unpaired) electrons. The first-order valence-electron chi connectivity index (χ1n) is 8.64. The molecule has 0 spiro atoms. The minimum Gasteiger partial charge on any atom is -0.484 e. The Kier molecular flexibility index (Phi) is 6.76. The van der Waals surface area contributed by atoms with Crippen molar-refractivity contribution in [3.8, 4) is 5.75 Å². The van der Waals surface area contributed by atoms with E-state index in [1.165, 1.54) is 6.08 Å². The summed E-state index contributed by atoms with van der Waals surface area (Å²) in [4.78, 5) is 48.8. The molecule has 1 heterocycles. The molecule has 1 saturated heterocycles. The molecule has 2 aromatic carbocycles. The van der Waals surface area contributed by atoms with Crippen molar-refractivity contribution in [2.45, 2.75) is 0 Å². The van der Waals surface area contributed by atoms with E-state index < -0.39 is 29.5 Å². The summed E-state index contributed by atoms with van der Waals surface area (Å²) in [6, 6.07) is 13.1. The molecular formula is C20H16ClN3O5S. The Labute approximate surface area is 181 Å². The quantitative estimate of drug-likeness (QED) is 0.632. The van der Waals surface area contributed by atoms with Gasteiger partial charge in [-0.25, -0.2) is 0 Å². The summed E-state index contributed by atoms with van der Waals surface area (Å²) in [5.41, 5.74) is 6.13. The van der Waals surface area contributed by atoms with Gasteiger partial charge in [-0.15, -0.1) is 0 Å². The number of carbonyl (C=O) groups is 4. The molecule has 154 valence electrons. The highest BCUT2D eigenvalue weighted by Crippen LogP contribution is 2.32. The average molecular weight is 446 g/mol. The number of imide groups is 1. The zero-order chi connectivity index (χ0) is 21.7. The summed E-state index contributed by atoms with van der Waals surface area (Å²) in [6.07, 6.45) is 1.54. The molecule has 8 nitrogen and oxygen atoms in total. The van der Waals surface area contributed by atoms with Crippen LogP contribution in [-0.4, -0.2) is 41.0 Å². The van der Waals surface area contributed by atoms with Crippen molar-refractivity contribution in [3.05, 3.63) is 64.0 Å². The number of hydrogen-bond acceptors (Lipinski definition) is 6. The van der Waals surface area contributed by atoms with Crippen molar-refractivity contribution >= 4 is 58.1 Å². The van der Waals surface area contributed by atoms with Crippen molar-refractivity contribution < 1.29 is 23.9 Å². The predicted molar refractivity (Wildman–Crippen MR) is 114 cm³/mol. The zero-order valence-corrected chi connectivity index (χ0v) is 17.0.